The number of fused-ring (bicyclic) bond motifs is 1. The molecule has 0 aliphatic carbocycles. The summed E-state index contributed by atoms with van der Waals surface area (Å²) in [6.45, 7) is 1.92. The zero-order chi connectivity index (χ0) is 20.1. The van der Waals surface area contributed by atoms with Crippen molar-refractivity contribution >= 4 is 66.0 Å². The molecular formula is C18H14IN3O3S3. The van der Waals surface area contributed by atoms with E-state index in [0.717, 1.165) is 20.1 Å². The molecule has 0 fully saturated rings. The minimum absolute atomic E-state index is 0.245. The molecule has 6 nitrogen and oxygen atoms in total. The van der Waals surface area contributed by atoms with Gasteiger partial charge in [-0.2, -0.15) is 0 Å². The van der Waals surface area contributed by atoms with Crippen molar-refractivity contribution in [1.82, 2.24) is 14.2 Å². The van der Waals surface area contributed by atoms with Crippen LogP contribution in [0.4, 0.5) is 0 Å². The molecule has 2 aromatic heterocycles. The first-order valence-electron chi connectivity index (χ1n) is 8.07. The molecule has 4 aromatic rings. The van der Waals surface area contributed by atoms with Crippen molar-refractivity contribution in [2.75, 3.05) is 6.26 Å². The average molecular weight is 543 g/mol. The minimum atomic E-state index is -3.70. The molecule has 4 rings (SSSR count). The van der Waals surface area contributed by atoms with Crippen LogP contribution < -0.4 is 0 Å². The monoisotopic (exact) mass is 543 g/mol. The van der Waals surface area contributed by atoms with E-state index in [-0.39, 0.29) is 4.90 Å². The maximum atomic E-state index is 13.1. The Hall–Kier alpha value is -1.47. The zero-order valence-corrected chi connectivity index (χ0v) is 19.4. The smallest absolute Gasteiger partial charge is 0.321 e. The molecule has 0 N–H and O–H groups in total. The second-order valence-electron chi connectivity index (χ2n) is 6.15. The van der Waals surface area contributed by atoms with Crippen LogP contribution in [0.15, 0.2) is 57.9 Å². The molecule has 144 valence electrons. The molecule has 0 bridgehead atoms. The molecule has 2 aromatic carbocycles. The third kappa shape index (κ3) is 3.47. The van der Waals surface area contributed by atoms with Gasteiger partial charge in [0.15, 0.2) is 5.01 Å². The number of aryl methyl sites for hydroxylation is 1. The molecule has 0 saturated heterocycles. The van der Waals surface area contributed by atoms with Gasteiger partial charge in [0.2, 0.25) is 0 Å². The number of benzene rings is 2. The molecule has 0 aliphatic rings. The van der Waals surface area contributed by atoms with Crippen molar-refractivity contribution in [3.63, 3.8) is 0 Å². The quantitative estimate of drug-likeness (QED) is 0.286. The van der Waals surface area contributed by atoms with Crippen LogP contribution in [0.1, 0.15) is 5.56 Å². The fourth-order valence-corrected chi connectivity index (χ4v) is 6.46. The number of rotatable bonds is 4. The van der Waals surface area contributed by atoms with Crippen LogP contribution in [0.5, 0.6) is 0 Å². The Bertz CT molecular complexity index is 1280. The number of hydrogen-bond acceptors (Lipinski definition) is 6. The van der Waals surface area contributed by atoms with Crippen LogP contribution in [0.3, 0.4) is 0 Å². The molecule has 1 atom stereocenters. The second kappa shape index (κ2) is 7.41. The summed E-state index contributed by atoms with van der Waals surface area (Å²) in [7, 11) is -3.70. The maximum absolute atomic E-state index is 13.1. The summed E-state index contributed by atoms with van der Waals surface area (Å²) in [4.78, 5) is 0.245. The predicted octanol–water partition coefficient (Wildman–Crippen LogP) is 4.05. The van der Waals surface area contributed by atoms with Crippen LogP contribution in [0.25, 0.3) is 21.5 Å². The van der Waals surface area contributed by atoms with E-state index in [2.05, 4.69) is 32.8 Å². The number of hydrogen-bond donors (Lipinski definition) is 0. The second-order valence-corrected chi connectivity index (χ2v) is 11.7. The van der Waals surface area contributed by atoms with Crippen LogP contribution in [-0.4, -0.2) is 33.4 Å². The molecule has 10 heteroatoms. The molecule has 0 saturated carbocycles. The lowest BCUT2D eigenvalue weighted by Gasteiger charge is -2.08. The van der Waals surface area contributed by atoms with Crippen molar-refractivity contribution < 1.29 is 13.0 Å². The Morgan fingerprint density at radius 2 is 1.86 bits per heavy atom. The third-order valence-electron chi connectivity index (χ3n) is 4.20. The fraction of sp³-hybridized carbons (Fsp3) is 0.111. The summed E-state index contributed by atoms with van der Waals surface area (Å²) in [6.07, 6.45) is 3.18. The lowest BCUT2D eigenvalue weighted by atomic mass is 10.2. The summed E-state index contributed by atoms with van der Waals surface area (Å²) in [6, 6.07) is 12.3. The molecular weight excluding hydrogens is 529 g/mol. The SMILES string of the molecule is Cc1ccc(S(=O)(=O)n2cc(I)c3cc(-c4nnc([S+](C)[O-])s4)ccc32)cc1. The van der Waals surface area contributed by atoms with Gasteiger partial charge in [0, 0.05) is 31.9 Å². The van der Waals surface area contributed by atoms with Crippen molar-refractivity contribution in [3.05, 3.63) is 57.8 Å². The van der Waals surface area contributed by atoms with Gasteiger partial charge >= 0.3 is 4.34 Å². The highest BCUT2D eigenvalue weighted by molar-refractivity contribution is 14.1. The first kappa shape index (κ1) is 19.8. The number of aromatic nitrogens is 3. The highest BCUT2D eigenvalue weighted by Gasteiger charge is 2.22. The van der Waals surface area contributed by atoms with Crippen LogP contribution in [0, 0.1) is 10.5 Å². The van der Waals surface area contributed by atoms with Gasteiger partial charge in [-0.3, -0.25) is 0 Å². The van der Waals surface area contributed by atoms with Gasteiger partial charge in [-0.15, -0.1) is 5.10 Å². The Balaban J connectivity index is 1.83. The van der Waals surface area contributed by atoms with Gasteiger partial charge in [0.05, 0.1) is 10.4 Å². The molecule has 0 spiro atoms. The molecule has 0 radical (unpaired) electrons. The Kier molecular flexibility index (Phi) is 5.25. The van der Waals surface area contributed by atoms with Gasteiger partial charge in [0.25, 0.3) is 10.0 Å². The van der Waals surface area contributed by atoms with E-state index in [0.29, 0.717) is 14.9 Å². The summed E-state index contributed by atoms with van der Waals surface area (Å²) in [5, 5.41) is 9.51. The van der Waals surface area contributed by atoms with E-state index in [4.69, 9.17) is 0 Å². The molecule has 28 heavy (non-hydrogen) atoms. The van der Waals surface area contributed by atoms with E-state index in [1.807, 2.05) is 19.1 Å². The maximum Gasteiger partial charge on any atom is 0.321 e. The number of nitrogens with zero attached hydrogens (tertiary/aromatic N) is 3. The van der Waals surface area contributed by atoms with Crippen molar-refractivity contribution in [2.24, 2.45) is 0 Å². The van der Waals surface area contributed by atoms with E-state index >= 15 is 0 Å². The Morgan fingerprint density at radius 3 is 2.50 bits per heavy atom. The first-order valence-corrected chi connectivity index (χ1v) is 13.0. The fourth-order valence-electron chi connectivity index (χ4n) is 2.76. The van der Waals surface area contributed by atoms with E-state index in [9.17, 15) is 13.0 Å². The van der Waals surface area contributed by atoms with Gasteiger partial charge in [0.1, 0.15) is 6.26 Å². The lowest BCUT2D eigenvalue weighted by Crippen LogP contribution is -2.11. The topological polar surface area (TPSA) is 87.9 Å². The molecule has 0 amide bonds. The van der Waals surface area contributed by atoms with E-state index < -0.39 is 21.2 Å². The summed E-state index contributed by atoms with van der Waals surface area (Å²) in [5.74, 6) is 0. The first-order chi connectivity index (χ1) is 13.3. The van der Waals surface area contributed by atoms with Crippen molar-refractivity contribution in [2.45, 2.75) is 16.2 Å². The number of halogens is 1. The summed E-state index contributed by atoms with van der Waals surface area (Å²) >= 11 is 2.21. The summed E-state index contributed by atoms with van der Waals surface area (Å²) in [5.41, 5.74) is 2.41. The lowest BCUT2D eigenvalue weighted by molar-refractivity contribution is 0.589. The zero-order valence-electron chi connectivity index (χ0n) is 14.8. The Labute approximate surface area is 183 Å². The Morgan fingerprint density at radius 1 is 1.14 bits per heavy atom. The van der Waals surface area contributed by atoms with Crippen LogP contribution in [-0.2, 0) is 21.2 Å². The van der Waals surface area contributed by atoms with E-state index in [1.165, 1.54) is 15.3 Å². The molecule has 0 aliphatic heterocycles. The van der Waals surface area contributed by atoms with Crippen molar-refractivity contribution in [3.8, 4) is 10.6 Å². The minimum Gasteiger partial charge on any atom is -0.610 e. The normalized spacial score (nSPS) is 13.1. The highest BCUT2D eigenvalue weighted by Crippen LogP contribution is 2.33. The highest BCUT2D eigenvalue weighted by atomic mass is 127. The third-order valence-corrected chi connectivity index (χ3v) is 9.04. The standard InChI is InChI=1S/C18H14IN3O3S3/c1-11-3-6-13(7-4-11)28(24,25)22-10-15(19)14-9-12(5-8-16(14)22)17-20-21-18(26-17)27(2)23/h3-10H,1-2H3. The van der Waals surface area contributed by atoms with Gasteiger partial charge < -0.3 is 4.55 Å². The molecule has 2 heterocycles. The molecule has 1 unspecified atom stereocenters. The van der Waals surface area contributed by atoms with E-state index in [1.54, 1.807) is 42.8 Å². The summed E-state index contributed by atoms with van der Waals surface area (Å²) < 4.78 is 40.4. The largest absolute Gasteiger partial charge is 0.610 e. The van der Waals surface area contributed by atoms with Gasteiger partial charge in [-0.25, -0.2) is 12.4 Å². The van der Waals surface area contributed by atoms with Crippen LogP contribution in [0.2, 0.25) is 0 Å². The average Bonchev–Trinajstić information content (AvgIpc) is 3.28. The van der Waals surface area contributed by atoms with Gasteiger partial charge in [-0.05, 0) is 71.2 Å². The van der Waals surface area contributed by atoms with Crippen molar-refractivity contribution in [1.29, 1.82) is 0 Å². The van der Waals surface area contributed by atoms with Crippen LogP contribution >= 0.6 is 33.9 Å². The predicted molar refractivity (Wildman–Crippen MR) is 120 cm³/mol. The van der Waals surface area contributed by atoms with Gasteiger partial charge in [-0.1, -0.05) is 22.8 Å².